The van der Waals surface area contributed by atoms with E-state index in [0.29, 0.717) is 34.7 Å². The van der Waals surface area contributed by atoms with Gasteiger partial charge in [-0.2, -0.15) is 4.98 Å². The lowest BCUT2D eigenvalue weighted by Crippen LogP contribution is -1.84. The van der Waals surface area contributed by atoms with Crippen LogP contribution in [0.1, 0.15) is 57.8 Å². The van der Waals surface area contributed by atoms with Crippen molar-refractivity contribution in [2.75, 3.05) is 0 Å². The Morgan fingerprint density at radius 2 is 0.836 bits per heavy atom. The normalized spacial score (nSPS) is 10.7. The van der Waals surface area contributed by atoms with Crippen LogP contribution in [-0.2, 0) is 0 Å². The van der Waals surface area contributed by atoms with E-state index in [2.05, 4.69) is 44.9 Å². The first-order valence-corrected chi connectivity index (χ1v) is 17.4. The van der Waals surface area contributed by atoms with Gasteiger partial charge in [-0.15, -0.1) is 0 Å². The fourth-order valence-corrected chi connectivity index (χ4v) is 5.32. The fraction of sp³-hybridized carbons (Fsp3) is 0.244. The highest BCUT2D eigenvalue weighted by Gasteiger charge is 2.04. The second kappa shape index (κ2) is 16.5. The Kier molecular flexibility index (Phi) is 11.3. The van der Waals surface area contributed by atoms with Crippen molar-refractivity contribution < 1.29 is 22.1 Å². The lowest BCUT2D eigenvalue weighted by atomic mass is 10.2. The van der Waals surface area contributed by atoms with E-state index in [9.17, 15) is 0 Å². The predicted octanol–water partition coefficient (Wildman–Crippen LogP) is 9.80. The standard InChI is InChI=1S/2C9H9NO.2C8H8N2O.C7H7N3O/c1-6-3-4-9-8(5-6)10-7(2)11-9;1-6-3-4-8-9(5-6)11-7(2)10-8;1-5-3-8-7(4-9-5)10-6(2)11-8;1-5-3-7-8(4-9-5)11-6(2)10-7;1-4-8-3-6-7(9-4)11-5(2)10-6/h2*3-5H,1-2H3;2*3-4H,1-2H3;3H,1-2H3. The quantitative estimate of drug-likeness (QED) is 0.143. The zero-order chi connectivity index (χ0) is 39.2. The van der Waals surface area contributed by atoms with Gasteiger partial charge >= 0.3 is 0 Å². The van der Waals surface area contributed by atoms with E-state index < -0.39 is 0 Å². The topological polar surface area (TPSA) is 182 Å². The molecule has 0 radical (unpaired) electrons. The average Bonchev–Trinajstić information content (AvgIpc) is 3.94. The molecule has 0 aliphatic rings. The third-order valence-electron chi connectivity index (χ3n) is 7.72. The predicted molar refractivity (Wildman–Crippen MR) is 209 cm³/mol. The molecule has 0 amide bonds. The van der Waals surface area contributed by atoms with Crippen LogP contribution in [0.4, 0.5) is 0 Å². The second-order valence-corrected chi connectivity index (χ2v) is 12.8. The average molecular weight is 740 g/mol. The maximum Gasteiger partial charge on any atom is 0.250 e. The molecule has 0 aliphatic carbocycles. The Bertz CT molecular complexity index is 2410. The molecule has 0 spiro atoms. The summed E-state index contributed by atoms with van der Waals surface area (Å²) >= 11 is 0. The smallest absolute Gasteiger partial charge is 0.250 e. The number of benzene rings is 2. The summed E-state index contributed by atoms with van der Waals surface area (Å²) < 4.78 is 26.4. The maximum absolute atomic E-state index is 5.34. The lowest BCUT2D eigenvalue weighted by molar-refractivity contribution is 0.550. The number of hydrogen-bond acceptors (Lipinski definition) is 14. The van der Waals surface area contributed by atoms with Crippen molar-refractivity contribution in [3.8, 4) is 0 Å². The van der Waals surface area contributed by atoms with Crippen molar-refractivity contribution >= 4 is 55.6 Å². The first-order valence-electron chi connectivity index (χ1n) is 17.4. The van der Waals surface area contributed by atoms with Crippen molar-refractivity contribution in [2.24, 2.45) is 0 Å². The molecule has 0 saturated carbocycles. The molecule has 0 saturated heterocycles. The number of pyridine rings is 2. The van der Waals surface area contributed by atoms with Crippen molar-refractivity contribution in [3.63, 3.8) is 0 Å². The summed E-state index contributed by atoms with van der Waals surface area (Å²) in [6.45, 7) is 18.9. The molecule has 14 nitrogen and oxygen atoms in total. The van der Waals surface area contributed by atoms with Crippen molar-refractivity contribution in [3.05, 3.63) is 125 Å². The van der Waals surface area contributed by atoms with Crippen LogP contribution in [0.25, 0.3) is 55.6 Å². The highest BCUT2D eigenvalue weighted by molar-refractivity contribution is 5.74. The van der Waals surface area contributed by atoms with Crippen LogP contribution in [0, 0.1) is 69.2 Å². The molecule has 280 valence electrons. The Balaban J connectivity index is 0.000000117. The van der Waals surface area contributed by atoms with Gasteiger partial charge in [-0.1, -0.05) is 12.1 Å². The Morgan fingerprint density at radius 1 is 0.345 bits per heavy atom. The van der Waals surface area contributed by atoms with Crippen molar-refractivity contribution in [1.29, 1.82) is 0 Å². The Morgan fingerprint density at radius 3 is 1.56 bits per heavy atom. The zero-order valence-electron chi connectivity index (χ0n) is 32.4. The molecule has 55 heavy (non-hydrogen) atoms. The molecule has 0 bridgehead atoms. The number of aromatic nitrogens is 9. The summed E-state index contributed by atoms with van der Waals surface area (Å²) in [5.74, 6) is 4.16. The van der Waals surface area contributed by atoms with Gasteiger partial charge < -0.3 is 22.1 Å². The summed E-state index contributed by atoms with van der Waals surface area (Å²) in [7, 11) is 0. The van der Waals surface area contributed by atoms with E-state index in [1.165, 1.54) is 11.1 Å². The zero-order valence-corrected chi connectivity index (χ0v) is 32.4. The molecule has 10 aromatic rings. The van der Waals surface area contributed by atoms with Gasteiger partial charge in [0.05, 0.1) is 18.6 Å². The van der Waals surface area contributed by atoms with Gasteiger partial charge in [0.2, 0.25) is 5.71 Å². The lowest BCUT2D eigenvalue weighted by Gasteiger charge is -1.87. The number of fused-ring (bicyclic) bond motifs is 5. The van der Waals surface area contributed by atoms with Crippen LogP contribution in [0.15, 0.2) is 89.2 Å². The number of oxazole rings is 5. The van der Waals surface area contributed by atoms with E-state index in [4.69, 9.17) is 22.1 Å². The van der Waals surface area contributed by atoms with Crippen molar-refractivity contribution in [1.82, 2.24) is 44.9 Å². The highest BCUT2D eigenvalue weighted by atomic mass is 16.4. The molecule has 0 aliphatic heterocycles. The van der Waals surface area contributed by atoms with Crippen molar-refractivity contribution in [2.45, 2.75) is 69.2 Å². The molecule has 8 aromatic heterocycles. The molecule has 10 rings (SSSR count). The molecule has 14 heteroatoms. The molecule has 2 aromatic carbocycles. The summed E-state index contributed by atoms with van der Waals surface area (Å²) in [5, 5.41) is 0. The Hall–Kier alpha value is -6.83. The van der Waals surface area contributed by atoms with Gasteiger partial charge in [-0.3, -0.25) is 9.97 Å². The number of aryl methyl sites for hydroxylation is 10. The van der Waals surface area contributed by atoms with E-state index in [0.717, 1.165) is 67.6 Å². The van der Waals surface area contributed by atoms with Gasteiger partial charge in [0, 0.05) is 52.1 Å². The molecule has 8 heterocycles. The van der Waals surface area contributed by atoms with E-state index in [-0.39, 0.29) is 0 Å². The summed E-state index contributed by atoms with van der Waals surface area (Å²) in [5.41, 5.74) is 12.5. The highest BCUT2D eigenvalue weighted by Crippen LogP contribution is 2.18. The van der Waals surface area contributed by atoms with Gasteiger partial charge in [0.15, 0.2) is 51.8 Å². The minimum Gasteiger partial charge on any atom is -0.441 e. The molecular formula is C41H41N9O5. The van der Waals surface area contributed by atoms with Gasteiger partial charge in [0.25, 0.3) is 0 Å². The summed E-state index contributed by atoms with van der Waals surface area (Å²) in [6.07, 6.45) is 5.08. The van der Waals surface area contributed by atoms with Crippen LogP contribution < -0.4 is 0 Å². The number of hydrogen-bond donors (Lipinski definition) is 0. The van der Waals surface area contributed by atoms with E-state index in [1.807, 2.05) is 111 Å². The molecule has 0 atom stereocenters. The van der Waals surface area contributed by atoms with Crippen LogP contribution in [-0.4, -0.2) is 44.9 Å². The first-order chi connectivity index (χ1) is 26.3. The second-order valence-electron chi connectivity index (χ2n) is 12.8. The summed E-state index contributed by atoms with van der Waals surface area (Å²) in [4.78, 5) is 37.0. The van der Waals surface area contributed by atoms with Gasteiger partial charge in [0.1, 0.15) is 33.4 Å². The molecular weight excluding hydrogens is 699 g/mol. The van der Waals surface area contributed by atoms with Gasteiger partial charge in [-0.25, -0.2) is 29.9 Å². The number of nitrogens with zero attached hydrogens (tertiary/aromatic N) is 9. The van der Waals surface area contributed by atoms with Crippen LogP contribution in [0.2, 0.25) is 0 Å². The largest absolute Gasteiger partial charge is 0.441 e. The minimum atomic E-state index is 0.565. The van der Waals surface area contributed by atoms with E-state index >= 15 is 0 Å². The fourth-order valence-electron chi connectivity index (χ4n) is 5.32. The summed E-state index contributed by atoms with van der Waals surface area (Å²) in [6, 6.07) is 15.8. The van der Waals surface area contributed by atoms with Crippen LogP contribution in [0.5, 0.6) is 0 Å². The molecule has 0 N–H and O–H groups in total. The monoisotopic (exact) mass is 739 g/mol. The van der Waals surface area contributed by atoms with E-state index in [1.54, 1.807) is 25.5 Å². The van der Waals surface area contributed by atoms with Gasteiger partial charge in [-0.05, 0) is 76.1 Å². The van der Waals surface area contributed by atoms with Crippen LogP contribution in [0.3, 0.4) is 0 Å². The first kappa shape index (κ1) is 37.9. The SMILES string of the molecule is Cc1cc2nc(C)oc2cn1.Cc1cc2oc(C)nc2cn1.Cc1ccc2nc(C)oc2c1.Cc1ccc2oc(C)nc2c1.Cc1ncc2nc(C)oc2n1. The minimum absolute atomic E-state index is 0.565. The third kappa shape index (κ3) is 9.99. The number of rotatable bonds is 0. The van der Waals surface area contributed by atoms with Crippen LogP contribution >= 0.6 is 0 Å². The Labute approximate surface area is 316 Å². The third-order valence-corrected chi connectivity index (χ3v) is 7.72. The maximum atomic E-state index is 5.34. The molecule has 0 fully saturated rings. The molecule has 0 unspecified atom stereocenters.